The van der Waals surface area contributed by atoms with Crippen LogP contribution in [0.4, 0.5) is 0 Å². The Bertz CT molecular complexity index is 336. The number of nitrogens with one attached hydrogen (secondary N) is 1. The molecule has 0 aromatic carbocycles. The number of carbonyl (C=O) groups excluding carboxylic acids is 1. The lowest BCUT2D eigenvalue weighted by Gasteiger charge is -2.38. The quantitative estimate of drug-likeness (QED) is 0.295. The Kier molecular flexibility index (Phi) is 5.60. The van der Waals surface area contributed by atoms with Crippen molar-refractivity contribution < 1.29 is 10.0 Å². The minimum atomic E-state index is -0.542. The van der Waals surface area contributed by atoms with E-state index in [2.05, 4.69) is 29.3 Å². The predicted octanol–water partition coefficient (Wildman–Crippen LogP) is 0.607. The average molecular weight is 270 g/mol. The molecule has 0 bridgehead atoms. The van der Waals surface area contributed by atoms with Crippen molar-refractivity contribution in [1.29, 1.82) is 0 Å². The van der Waals surface area contributed by atoms with E-state index in [-0.39, 0.29) is 17.2 Å². The van der Waals surface area contributed by atoms with Gasteiger partial charge in [0.05, 0.1) is 5.92 Å². The zero-order chi connectivity index (χ0) is 14.5. The zero-order valence-electron chi connectivity index (χ0n) is 12.1. The molecule has 19 heavy (non-hydrogen) atoms. The summed E-state index contributed by atoms with van der Waals surface area (Å²) in [5, 5.41) is 14.5. The van der Waals surface area contributed by atoms with Gasteiger partial charge in [-0.25, -0.2) is 0 Å². The van der Waals surface area contributed by atoms with Gasteiger partial charge in [-0.3, -0.25) is 4.79 Å². The Morgan fingerprint density at radius 1 is 1.53 bits per heavy atom. The molecule has 0 aromatic rings. The summed E-state index contributed by atoms with van der Waals surface area (Å²) in [4.78, 5) is 14.3. The second-order valence-corrected chi connectivity index (χ2v) is 5.82. The Balaban J connectivity index is 2.49. The van der Waals surface area contributed by atoms with Gasteiger partial charge in [0.2, 0.25) is 5.91 Å². The highest BCUT2D eigenvalue weighted by atomic mass is 16.4. The lowest BCUT2D eigenvalue weighted by atomic mass is 9.80. The van der Waals surface area contributed by atoms with Gasteiger partial charge in [-0.1, -0.05) is 19.0 Å². The number of piperidine rings is 1. The number of carbonyl (C=O) groups is 1. The SMILES string of the molecule is CCC(C(=O)NCC1(C)CCN(C)CC1)C(N)=NO. The summed E-state index contributed by atoms with van der Waals surface area (Å²) in [5.41, 5.74) is 5.67. The molecule has 110 valence electrons. The fraction of sp³-hybridized carbons (Fsp3) is 0.846. The van der Waals surface area contributed by atoms with Crippen LogP contribution in [0.25, 0.3) is 0 Å². The monoisotopic (exact) mass is 270 g/mol. The third kappa shape index (κ3) is 4.38. The van der Waals surface area contributed by atoms with Crippen molar-refractivity contribution in [1.82, 2.24) is 10.2 Å². The Morgan fingerprint density at radius 3 is 2.58 bits per heavy atom. The molecule has 0 saturated carbocycles. The highest BCUT2D eigenvalue weighted by molar-refractivity contribution is 6.01. The highest BCUT2D eigenvalue weighted by Gasteiger charge is 2.30. The second-order valence-electron chi connectivity index (χ2n) is 5.82. The summed E-state index contributed by atoms with van der Waals surface area (Å²) < 4.78 is 0. The summed E-state index contributed by atoms with van der Waals surface area (Å²) in [6.07, 6.45) is 2.68. The molecule has 6 nitrogen and oxygen atoms in total. The molecular weight excluding hydrogens is 244 g/mol. The fourth-order valence-corrected chi connectivity index (χ4v) is 2.36. The lowest BCUT2D eigenvalue weighted by Crippen LogP contribution is -2.46. The van der Waals surface area contributed by atoms with E-state index < -0.39 is 5.92 Å². The summed E-state index contributed by atoms with van der Waals surface area (Å²) in [6.45, 7) is 6.81. The highest BCUT2D eigenvalue weighted by Crippen LogP contribution is 2.29. The predicted molar refractivity (Wildman–Crippen MR) is 75.0 cm³/mol. The minimum Gasteiger partial charge on any atom is -0.409 e. The first-order valence-corrected chi connectivity index (χ1v) is 6.85. The summed E-state index contributed by atoms with van der Waals surface area (Å²) in [7, 11) is 2.11. The molecule has 1 aliphatic rings. The summed E-state index contributed by atoms with van der Waals surface area (Å²) in [6, 6.07) is 0. The standard InChI is InChI=1S/C13H26N4O2/c1-4-10(11(14)16-19)12(18)15-9-13(2)5-7-17(3)8-6-13/h10,19H,4-9H2,1-3H3,(H2,14,16)(H,15,18). The maximum absolute atomic E-state index is 12.0. The minimum absolute atomic E-state index is 0.0199. The molecule has 1 amide bonds. The number of amidine groups is 1. The Hall–Kier alpha value is -1.30. The van der Waals surface area contributed by atoms with Crippen LogP contribution < -0.4 is 11.1 Å². The normalized spacial score (nSPS) is 21.9. The van der Waals surface area contributed by atoms with Gasteiger partial charge >= 0.3 is 0 Å². The molecule has 0 radical (unpaired) electrons. The molecule has 4 N–H and O–H groups in total. The molecule has 6 heteroatoms. The van der Waals surface area contributed by atoms with Crippen molar-refractivity contribution in [2.75, 3.05) is 26.7 Å². The smallest absolute Gasteiger partial charge is 0.230 e. The topological polar surface area (TPSA) is 91.0 Å². The van der Waals surface area contributed by atoms with Crippen molar-refractivity contribution in [3.63, 3.8) is 0 Å². The first-order valence-electron chi connectivity index (χ1n) is 6.85. The van der Waals surface area contributed by atoms with Crippen molar-refractivity contribution in [2.24, 2.45) is 22.2 Å². The number of rotatable bonds is 5. The molecule has 0 aliphatic carbocycles. The van der Waals surface area contributed by atoms with Gasteiger partial charge in [-0.05, 0) is 44.8 Å². The zero-order valence-corrected chi connectivity index (χ0v) is 12.1. The van der Waals surface area contributed by atoms with E-state index in [1.54, 1.807) is 0 Å². The van der Waals surface area contributed by atoms with Crippen molar-refractivity contribution in [3.05, 3.63) is 0 Å². The molecule has 1 saturated heterocycles. The van der Waals surface area contributed by atoms with Crippen LogP contribution in [0.2, 0.25) is 0 Å². The average Bonchev–Trinajstić information content (AvgIpc) is 2.41. The van der Waals surface area contributed by atoms with E-state index >= 15 is 0 Å². The first kappa shape index (κ1) is 15.8. The van der Waals surface area contributed by atoms with Crippen molar-refractivity contribution in [3.8, 4) is 0 Å². The summed E-state index contributed by atoms with van der Waals surface area (Å²) in [5.74, 6) is -0.716. The van der Waals surface area contributed by atoms with E-state index in [9.17, 15) is 4.79 Å². The molecule has 1 atom stereocenters. The van der Waals surface area contributed by atoms with E-state index in [4.69, 9.17) is 10.9 Å². The van der Waals surface area contributed by atoms with Gasteiger partial charge < -0.3 is 21.2 Å². The van der Waals surface area contributed by atoms with E-state index in [0.29, 0.717) is 13.0 Å². The number of likely N-dealkylation sites (tertiary alicyclic amines) is 1. The van der Waals surface area contributed by atoms with Crippen LogP contribution in [0.15, 0.2) is 5.16 Å². The number of oxime groups is 1. The van der Waals surface area contributed by atoms with E-state index in [0.717, 1.165) is 25.9 Å². The Morgan fingerprint density at radius 2 is 2.11 bits per heavy atom. The summed E-state index contributed by atoms with van der Waals surface area (Å²) >= 11 is 0. The number of nitrogens with zero attached hydrogens (tertiary/aromatic N) is 2. The van der Waals surface area contributed by atoms with E-state index in [1.165, 1.54) is 0 Å². The second kappa shape index (κ2) is 6.75. The van der Waals surface area contributed by atoms with Crippen LogP contribution in [0, 0.1) is 11.3 Å². The maximum atomic E-state index is 12.0. The maximum Gasteiger partial charge on any atom is 0.230 e. The van der Waals surface area contributed by atoms with Crippen LogP contribution in [0.3, 0.4) is 0 Å². The molecule has 1 unspecified atom stereocenters. The molecule has 1 heterocycles. The lowest BCUT2D eigenvalue weighted by molar-refractivity contribution is -0.123. The van der Waals surface area contributed by atoms with Gasteiger partial charge in [0, 0.05) is 6.54 Å². The van der Waals surface area contributed by atoms with Gasteiger partial charge in [0.25, 0.3) is 0 Å². The molecule has 0 aromatic heterocycles. The first-order chi connectivity index (χ1) is 8.91. The Labute approximate surface area is 115 Å². The van der Waals surface area contributed by atoms with Crippen LogP contribution in [0.5, 0.6) is 0 Å². The largest absolute Gasteiger partial charge is 0.409 e. The van der Waals surface area contributed by atoms with Crippen LogP contribution in [0.1, 0.15) is 33.1 Å². The van der Waals surface area contributed by atoms with Crippen molar-refractivity contribution in [2.45, 2.75) is 33.1 Å². The molecule has 1 fully saturated rings. The third-order valence-corrected chi connectivity index (χ3v) is 4.08. The van der Waals surface area contributed by atoms with Crippen LogP contribution >= 0.6 is 0 Å². The molecule has 0 spiro atoms. The van der Waals surface area contributed by atoms with Crippen LogP contribution in [-0.4, -0.2) is 48.5 Å². The number of hydrogen-bond donors (Lipinski definition) is 3. The molecule has 1 aliphatic heterocycles. The fourth-order valence-electron chi connectivity index (χ4n) is 2.36. The van der Waals surface area contributed by atoms with Gasteiger partial charge in [-0.15, -0.1) is 0 Å². The van der Waals surface area contributed by atoms with Gasteiger partial charge in [0.15, 0.2) is 5.84 Å². The van der Waals surface area contributed by atoms with E-state index in [1.807, 2.05) is 6.92 Å². The van der Waals surface area contributed by atoms with Crippen LogP contribution in [-0.2, 0) is 4.79 Å². The van der Waals surface area contributed by atoms with Gasteiger partial charge in [-0.2, -0.15) is 0 Å². The number of hydrogen-bond acceptors (Lipinski definition) is 4. The number of nitrogens with two attached hydrogens (primary N) is 1. The van der Waals surface area contributed by atoms with Crippen molar-refractivity contribution >= 4 is 11.7 Å². The number of amides is 1. The molecular formula is C13H26N4O2. The van der Waals surface area contributed by atoms with Gasteiger partial charge in [0.1, 0.15) is 0 Å². The molecule has 1 rings (SSSR count). The third-order valence-electron chi connectivity index (χ3n) is 4.08.